The first kappa shape index (κ1) is 16.4. The summed E-state index contributed by atoms with van der Waals surface area (Å²) in [6.45, 7) is 3.25. The minimum atomic E-state index is 0. The van der Waals surface area contributed by atoms with Crippen molar-refractivity contribution >= 4 is 28.0 Å². The molecule has 0 saturated carbocycles. The molecule has 3 aromatic rings. The lowest BCUT2D eigenvalue weighted by Crippen LogP contribution is -2.24. The van der Waals surface area contributed by atoms with Gasteiger partial charge in [-0.3, -0.25) is 5.41 Å². The van der Waals surface area contributed by atoms with Crippen LogP contribution in [0.4, 0.5) is 0 Å². The van der Waals surface area contributed by atoms with Gasteiger partial charge in [-0.15, -0.1) is 17.0 Å². The van der Waals surface area contributed by atoms with Gasteiger partial charge in [0.05, 0.1) is 17.6 Å². The first-order chi connectivity index (χ1) is 10.2. The zero-order valence-electron chi connectivity index (χ0n) is 12.7. The third kappa shape index (κ3) is 2.95. The summed E-state index contributed by atoms with van der Waals surface area (Å²) in [6, 6.07) is 16.1. The van der Waals surface area contributed by atoms with Crippen molar-refractivity contribution in [2.45, 2.75) is 13.5 Å². The van der Waals surface area contributed by atoms with Crippen molar-refractivity contribution in [2.75, 3.05) is 6.61 Å². The van der Waals surface area contributed by atoms with E-state index in [9.17, 15) is 0 Å². The van der Waals surface area contributed by atoms with Crippen molar-refractivity contribution in [3.8, 4) is 5.75 Å². The first-order valence-corrected chi connectivity index (χ1v) is 7.06. The van der Waals surface area contributed by atoms with Crippen molar-refractivity contribution in [2.24, 2.45) is 7.05 Å². The molecule has 1 heterocycles. The van der Waals surface area contributed by atoms with Gasteiger partial charge in [0.2, 0.25) is 5.62 Å². The molecule has 0 aliphatic rings. The maximum absolute atomic E-state index is 8.22. The number of fused-ring (bicyclic) bond motifs is 1. The summed E-state index contributed by atoms with van der Waals surface area (Å²) in [5.41, 5.74) is 3.76. The van der Waals surface area contributed by atoms with E-state index < -0.39 is 0 Å². The average Bonchev–Trinajstić information content (AvgIpc) is 2.74. The minimum Gasteiger partial charge on any atom is -0.491 e. The highest BCUT2D eigenvalue weighted by molar-refractivity contribution is 8.93. The van der Waals surface area contributed by atoms with Crippen LogP contribution in [-0.4, -0.2) is 15.7 Å². The molecular weight excluding hydrogens is 342 g/mol. The van der Waals surface area contributed by atoms with Gasteiger partial charge in [-0.1, -0.05) is 30.3 Å². The van der Waals surface area contributed by atoms with E-state index in [1.807, 2.05) is 71.6 Å². The van der Waals surface area contributed by atoms with Gasteiger partial charge >= 0.3 is 0 Å². The molecule has 0 saturated heterocycles. The molecule has 22 heavy (non-hydrogen) atoms. The number of aromatic nitrogens is 2. The molecule has 1 N–H and O–H groups in total. The zero-order chi connectivity index (χ0) is 14.8. The van der Waals surface area contributed by atoms with Gasteiger partial charge in [-0.25, -0.2) is 0 Å². The number of rotatable bonds is 4. The molecule has 3 rings (SSSR count). The van der Waals surface area contributed by atoms with Crippen LogP contribution in [0.15, 0.2) is 48.5 Å². The van der Waals surface area contributed by atoms with Crippen LogP contribution in [0.3, 0.4) is 0 Å². The topological polar surface area (TPSA) is 42.9 Å². The Morgan fingerprint density at radius 2 is 1.64 bits per heavy atom. The minimum absolute atomic E-state index is 0. The maximum atomic E-state index is 8.22. The standard InChI is InChI=1S/C17H19N3O.BrH/c1-13-7-3-6-10-16(13)21-12-11-20-15-9-5-4-8-14(15)19(2)17(20)18;/h3-10,18H,11-12H2,1-2H3;1H. The summed E-state index contributed by atoms with van der Waals surface area (Å²) < 4.78 is 9.71. The Hall–Kier alpha value is -2.01. The van der Waals surface area contributed by atoms with Gasteiger partial charge in [0.1, 0.15) is 12.4 Å². The molecule has 0 bridgehead atoms. The maximum Gasteiger partial charge on any atom is 0.202 e. The number of nitrogens with one attached hydrogen (secondary N) is 1. The van der Waals surface area contributed by atoms with Gasteiger partial charge < -0.3 is 13.9 Å². The quantitative estimate of drug-likeness (QED) is 0.759. The molecule has 0 radical (unpaired) electrons. The molecule has 116 valence electrons. The third-order valence-electron chi connectivity index (χ3n) is 3.77. The van der Waals surface area contributed by atoms with Crippen LogP contribution < -0.4 is 10.4 Å². The molecule has 0 fully saturated rings. The predicted molar refractivity (Wildman–Crippen MR) is 93.8 cm³/mol. The fourth-order valence-electron chi connectivity index (χ4n) is 2.58. The van der Waals surface area contributed by atoms with Gasteiger partial charge in [0.15, 0.2) is 0 Å². The summed E-state index contributed by atoms with van der Waals surface area (Å²) in [5.74, 6) is 0.907. The molecular formula is C17H20BrN3O. The van der Waals surface area contributed by atoms with Crippen LogP contribution in [0.5, 0.6) is 5.75 Å². The molecule has 0 aliphatic carbocycles. The van der Waals surface area contributed by atoms with E-state index in [-0.39, 0.29) is 17.0 Å². The highest BCUT2D eigenvalue weighted by Crippen LogP contribution is 2.16. The van der Waals surface area contributed by atoms with Crippen LogP contribution >= 0.6 is 17.0 Å². The molecule has 0 aliphatic heterocycles. The lowest BCUT2D eigenvalue weighted by atomic mass is 10.2. The van der Waals surface area contributed by atoms with Crippen LogP contribution in [0.2, 0.25) is 0 Å². The normalized spacial score (nSPS) is 10.5. The summed E-state index contributed by atoms with van der Waals surface area (Å²) >= 11 is 0. The summed E-state index contributed by atoms with van der Waals surface area (Å²) in [6.07, 6.45) is 0. The Kier molecular flexibility index (Phi) is 5.08. The molecule has 1 aromatic heterocycles. The second-order valence-electron chi connectivity index (χ2n) is 5.14. The Morgan fingerprint density at radius 3 is 2.36 bits per heavy atom. The second kappa shape index (κ2) is 6.83. The Balaban J connectivity index is 0.00000176. The number of ether oxygens (including phenoxy) is 1. The van der Waals surface area contributed by atoms with E-state index in [0.717, 1.165) is 22.3 Å². The number of aryl methyl sites for hydroxylation is 2. The number of hydrogen-bond acceptors (Lipinski definition) is 2. The lowest BCUT2D eigenvalue weighted by molar-refractivity contribution is 0.295. The van der Waals surface area contributed by atoms with E-state index >= 15 is 0 Å². The van der Waals surface area contributed by atoms with Crippen molar-refractivity contribution in [3.63, 3.8) is 0 Å². The molecule has 0 spiro atoms. The summed E-state index contributed by atoms with van der Waals surface area (Å²) in [4.78, 5) is 0. The number of hydrogen-bond donors (Lipinski definition) is 1. The monoisotopic (exact) mass is 361 g/mol. The van der Waals surface area contributed by atoms with Crippen molar-refractivity contribution in [3.05, 3.63) is 59.7 Å². The van der Waals surface area contributed by atoms with Gasteiger partial charge in [0, 0.05) is 7.05 Å². The first-order valence-electron chi connectivity index (χ1n) is 7.06. The molecule has 0 atom stereocenters. The molecule has 5 heteroatoms. The SMILES string of the molecule is Br.Cc1ccccc1OCCn1c(=N)n(C)c2ccccc21. The summed E-state index contributed by atoms with van der Waals surface area (Å²) in [5, 5.41) is 8.22. The van der Waals surface area contributed by atoms with Crippen molar-refractivity contribution in [1.29, 1.82) is 5.41 Å². The van der Waals surface area contributed by atoms with Crippen molar-refractivity contribution < 1.29 is 4.74 Å². The number of benzene rings is 2. The number of halogens is 1. The van der Waals surface area contributed by atoms with Gasteiger partial charge in [-0.05, 0) is 30.7 Å². The molecule has 4 nitrogen and oxygen atoms in total. The number of nitrogens with zero attached hydrogens (tertiary/aromatic N) is 2. The van der Waals surface area contributed by atoms with E-state index in [2.05, 4.69) is 0 Å². The van der Waals surface area contributed by atoms with Gasteiger partial charge in [-0.2, -0.15) is 0 Å². The summed E-state index contributed by atoms with van der Waals surface area (Å²) in [7, 11) is 1.92. The Bertz CT molecular complexity index is 835. The fourth-order valence-corrected chi connectivity index (χ4v) is 2.58. The highest BCUT2D eigenvalue weighted by atomic mass is 79.9. The average molecular weight is 362 g/mol. The van der Waals surface area contributed by atoms with Crippen molar-refractivity contribution in [1.82, 2.24) is 9.13 Å². The fraction of sp³-hybridized carbons (Fsp3) is 0.235. The van der Waals surface area contributed by atoms with E-state index in [4.69, 9.17) is 10.1 Å². The van der Waals surface area contributed by atoms with Crippen LogP contribution in [0, 0.1) is 12.3 Å². The lowest BCUT2D eigenvalue weighted by Gasteiger charge is -2.09. The molecule has 0 unspecified atom stereocenters. The van der Waals surface area contributed by atoms with E-state index in [0.29, 0.717) is 18.8 Å². The number of para-hydroxylation sites is 3. The third-order valence-corrected chi connectivity index (χ3v) is 3.77. The predicted octanol–water partition coefficient (Wildman–Crippen LogP) is 3.42. The highest BCUT2D eigenvalue weighted by Gasteiger charge is 2.07. The smallest absolute Gasteiger partial charge is 0.202 e. The second-order valence-corrected chi connectivity index (χ2v) is 5.14. The largest absolute Gasteiger partial charge is 0.491 e. The van der Waals surface area contributed by atoms with Crippen LogP contribution in [0.25, 0.3) is 11.0 Å². The van der Waals surface area contributed by atoms with E-state index in [1.165, 1.54) is 0 Å². The van der Waals surface area contributed by atoms with Crippen LogP contribution in [-0.2, 0) is 13.6 Å². The van der Waals surface area contributed by atoms with Gasteiger partial charge in [0.25, 0.3) is 0 Å². The Morgan fingerprint density at radius 1 is 1.00 bits per heavy atom. The Labute approximate surface area is 140 Å². The van der Waals surface area contributed by atoms with E-state index in [1.54, 1.807) is 0 Å². The van der Waals surface area contributed by atoms with Crippen LogP contribution in [0.1, 0.15) is 5.56 Å². The zero-order valence-corrected chi connectivity index (χ0v) is 14.5. The molecule has 2 aromatic carbocycles. The number of imidazole rings is 1. The molecule has 0 amide bonds.